The summed E-state index contributed by atoms with van der Waals surface area (Å²) >= 11 is 0. The van der Waals surface area contributed by atoms with E-state index in [0.717, 1.165) is 138 Å². The number of hydrogen-bond acceptors (Lipinski definition) is 6. The molecule has 0 N–H and O–H groups in total. The summed E-state index contributed by atoms with van der Waals surface area (Å²) in [6.07, 6.45) is 7.71. The maximum atomic E-state index is 2.56. The second-order valence-electron chi connectivity index (χ2n) is 26.1. The summed E-state index contributed by atoms with van der Waals surface area (Å²) in [4.78, 5) is 15.1. The monoisotopic (exact) mass is 1300 g/mol. The minimum absolute atomic E-state index is 0.914. The van der Waals surface area contributed by atoms with Gasteiger partial charge in [-0.3, -0.25) is 0 Å². The molecule has 0 unspecified atom stereocenters. The molecule has 0 heterocycles. The highest BCUT2D eigenvalue weighted by Crippen LogP contribution is 2.41. The summed E-state index contributed by atoms with van der Waals surface area (Å²) in [5.74, 6) is 0. The van der Waals surface area contributed by atoms with Crippen molar-refractivity contribution in [2.45, 2.75) is 51.4 Å². The molecule has 0 fully saturated rings. The number of hydrogen-bond donors (Lipinski definition) is 0. The van der Waals surface area contributed by atoms with Crippen LogP contribution in [0.15, 0.2) is 364 Å². The van der Waals surface area contributed by atoms with Crippen molar-refractivity contribution in [2.75, 3.05) is 81.8 Å². The van der Waals surface area contributed by atoms with Gasteiger partial charge in [0.25, 0.3) is 0 Å². The first-order chi connectivity index (χ1) is 49.6. The van der Waals surface area contributed by atoms with Crippen molar-refractivity contribution in [1.82, 2.24) is 0 Å². The van der Waals surface area contributed by atoms with Crippen molar-refractivity contribution in [2.24, 2.45) is 0 Å². The molecule has 0 saturated carbocycles. The molecule has 498 valence electrons. The molecule has 0 aromatic heterocycles. The van der Waals surface area contributed by atoms with E-state index in [9.17, 15) is 0 Å². The Balaban J connectivity index is 0.854. The van der Waals surface area contributed by atoms with Crippen LogP contribution in [-0.4, -0.2) is 52.4 Å². The van der Waals surface area contributed by atoms with Crippen LogP contribution in [0, 0.1) is 0 Å². The Morgan fingerprint density at radius 2 is 0.230 bits per heavy atom. The Hall–Kier alpha value is -11.3. The second kappa shape index (κ2) is 35.2. The molecule has 100 heavy (non-hydrogen) atoms. The van der Waals surface area contributed by atoms with Crippen LogP contribution in [0.2, 0.25) is 0 Å². The highest BCUT2D eigenvalue weighted by molar-refractivity contribution is 5.83. The molecule has 0 spiro atoms. The summed E-state index contributed by atoms with van der Waals surface area (Å²) in [5.41, 5.74) is 22.2. The maximum Gasteiger partial charge on any atom is 0.0463 e. The first kappa shape index (κ1) is 67.2. The average Bonchev–Trinajstić information content (AvgIpc) is 0.795. The number of anilines is 10. The zero-order valence-corrected chi connectivity index (χ0v) is 57.6. The zero-order chi connectivity index (χ0) is 67.6. The zero-order valence-electron chi connectivity index (χ0n) is 57.6. The van der Waals surface area contributed by atoms with E-state index in [0.29, 0.717) is 0 Å². The minimum atomic E-state index is 0.914. The molecular weight excluding hydrogens is 1210 g/mol. The van der Waals surface area contributed by atoms with E-state index < -0.39 is 0 Å². The lowest BCUT2D eigenvalue weighted by Crippen LogP contribution is -2.28. The van der Waals surface area contributed by atoms with Gasteiger partial charge < -0.3 is 29.4 Å². The van der Waals surface area contributed by atoms with E-state index in [4.69, 9.17) is 0 Å². The van der Waals surface area contributed by atoms with E-state index in [1.54, 1.807) is 0 Å². The molecule has 0 bridgehead atoms. The predicted molar refractivity (Wildman–Crippen MR) is 426 cm³/mol. The topological polar surface area (TPSA) is 19.4 Å². The van der Waals surface area contributed by atoms with Crippen LogP contribution < -0.4 is 29.4 Å². The maximum absolute atomic E-state index is 2.56. The van der Waals surface area contributed by atoms with Gasteiger partial charge in [0.1, 0.15) is 0 Å². The average molecular weight is 1310 g/mol. The third-order valence-corrected chi connectivity index (χ3v) is 19.4. The van der Waals surface area contributed by atoms with E-state index >= 15 is 0 Å². The van der Waals surface area contributed by atoms with Crippen molar-refractivity contribution < 1.29 is 0 Å². The lowest BCUT2D eigenvalue weighted by molar-refractivity contribution is 0.769. The highest BCUT2D eigenvalue weighted by Gasteiger charge is 2.21. The Morgan fingerprint density at radius 1 is 0.120 bits per heavy atom. The molecule has 6 nitrogen and oxygen atoms in total. The molecule has 13 rings (SSSR count). The summed E-state index contributed by atoms with van der Waals surface area (Å²) in [6, 6.07) is 134. The largest absolute Gasteiger partial charge is 0.371 e. The highest BCUT2D eigenvalue weighted by atomic mass is 15.2. The Morgan fingerprint density at radius 3 is 0.350 bits per heavy atom. The number of nitrogens with zero attached hydrogens (tertiary/aromatic N) is 6. The lowest BCUT2D eigenvalue weighted by atomic mass is 10.1. The third kappa shape index (κ3) is 19.1. The van der Waals surface area contributed by atoms with Gasteiger partial charge in [0.05, 0.1) is 0 Å². The SMILES string of the molecule is c1ccc(CCN(CCc2ccccc2)c2ccc(N(c3ccc(N(CCc4ccccc4)CCc4ccccc4)cc3)c3ccc(N(c4ccc(N(CCc5ccccc5)CCc5ccccc5)cc4)c4ccc(N(CCc5ccccc5)CCc5ccccc5)cc4)cc3)cc2)cc1. The molecule has 6 heteroatoms. The van der Waals surface area contributed by atoms with Gasteiger partial charge in [0.15, 0.2) is 0 Å². The van der Waals surface area contributed by atoms with Gasteiger partial charge in [-0.1, -0.05) is 243 Å². The molecule has 0 saturated heterocycles. The third-order valence-electron chi connectivity index (χ3n) is 19.4. The predicted octanol–water partition coefficient (Wildman–Crippen LogP) is 21.8. The number of benzene rings is 13. The molecule has 0 aliphatic rings. The van der Waals surface area contributed by atoms with E-state index in [2.05, 4.69) is 393 Å². The fourth-order valence-electron chi connectivity index (χ4n) is 13.6. The van der Waals surface area contributed by atoms with Crippen molar-refractivity contribution in [3.8, 4) is 0 Å². The van der Waals surface area contributed by atoms with E-state index in [1.165, 1.54) is 67.3 Å². The van der Waals surface area contributed by atoms with E-state index in [1.807, 2.05) is 0 Å². The Kier molecular flexibility index (Phi) is 23.7. The Labute approximate surface area is 595 Å². The smallest absolute Gasteiger partial charge is 0.0463 e. The van der Waals surface area contributed by atoms with Crippen molar-refractivity contribution in [3.05, 3.63) is 408 Å². The minimum Gasteiger partial charge on any atom is -0.371 e. The first-order valence-corrected chi connectivity index (χ1v) is 36.0. The molecule has 0 amide bonds. The van der Waals surface area contributed by atoms with Gasteiger partial charge in [-0.05, 0) is 217 Å². The van der Waals surface area contributed by atoms with Gasteiger partial charge in [-0.2, -0.15) is 0 Å². The summed E-state index contributed by atoms with van der Waals surface area (Å²) in [7, 11) is 0. The summed E-state index contributed by atoms with van der Waals surface area (Å²) < 4.78 is 0. The van der Waals surface area contributed by atoms with Gasteiger partial charge in [-0.15, -0.1) is 0 Å². The van der Waals surface area contributed by atoms with Crippen molar-refractivity contribution >= 4 is 56.9 Å². The normalized spacial score (nSPS) is 11.0. The molecule has 0 atom stereocenters. The van der Waals surface area contributed by atoms with Crippen LogP contribution in [0.25, 0.3) is 0 Å². The van der Waals surface area contributed by atoms with Gasteiger partial charge in [0, 0.05) is 109 Å². The van der Waals surface area contributed by atoms with Crippen LogP contribution >= 0.6 is 0 Å². The molecule has 0 aliphatic carbocycles. The Bertz CT molecular complexity index is 3700. The number of rotatable bonds is 34. The quantitative estimate of drug-likeness (QED) is 0.0398. The van der Waals surface area contributed by atoms with Gasteiger partial charge >= 0.3 is 0 Å². The molecular formula is C94H92N6. The van der Waals surface area contributed by atoms with E-state index in [-0.39, 0.29) is 0 Å². The molecule has 13 aromatic carbocycles. The van der Waals surface area contributed by atoms with Crippen LogP contribution in [0.5, 0.6) is 0 Å². The van der Waals surface area contributed by atoms with Crippen molar-refractivity contribution in [1.29, 1.82) is 0 Å². The lowest BCUT2D eigenvalue weighted by Gasteiger charge is -2.31. The summed E-state index contributed by atoms with van der Waals surface area (Å²) in [6.45, 7) is 7.31. The fraction of sp³-hybridized carbons (Fsp3) is 0.170. The molecule has 13 aromatic rings. The van der Waals surface area contributed by atoms with Crippen LogP contribution in [0.4, 0.5) is 56.9 Å². The molecule has 0 radical (unpaired) electrons. The van der Waals surface area contributed by atoms with Crippen LogP contribution in [-0.2, 0) is 51.4 Å². The van der Waals surface area contributed by atoms with Crippen LogP contribution in [0.3, 0.4) is 0 Å². The second-order valence-corrected chi connectivity index (χ2v) is 26.1. The van der Waals surface area contributed by atoms with Crippen molar-refractivity contribution in [3.63, 3.8) is 0 Å². The summed E-state index contributed by atoms with van der Waals surface area (Å²) in [5, 5.41) is 0. The van der Waals surface area contributed by atoms with Gasteiger partial charge in [-0.25, -0.2) is 0 Å². The van der Waals surface area contributed by atoms with Crippen LogP contribution in [0.1, 0.15) is 44.5 Å². The fourth-order valence-corrected chi connectivity index (χ4v) is 13.6. The first-order valence-electron chi connectivity index (χ1n) is 36.0. The molecule has 0 aliphatic heterocycles. The van der Waals surface area contributed by atoms with Gasteiger partial charge in [0.2, 0.25) is 0 Å². The standard InChI is InChI=1S/C94H92N6/c1-9-25-77(26-10-1)61-69-95(70-62-78-27-11-2-12-28-78)85-41-49-89(50-42-85)99(90-51-43-86(44-52-90)96(71-63-79-29-13-3-14-30-79)72-64-80-31-15-4-16-32-80)93-57-59-94(60-58-93)100(91-53-45-87(46-54-91)97(73-65-81-33-17-5-18-34-81)74-66-82-35-19-6-20-36-82)92-55-47-88(48-56-92)98(75-67-83-37-21-7-22-38-83)76-68-84-39-23-8-24-40-84/h1-60H,61-76H2.